The first-order valence-corrected chi connectivity index (χ1v) is 12.4. The fraction of sp³-hybridized carbons (Fsp3) is 0.704. The molecule has 3 saturated carbocycles. The van der Waals surface area contributed by atoms with Crippen LogP contribution in [0.1, 0.15) is 82.7 Å². The van der Waals surface area contributed by atoms with E-state index in [1.807, 2.05) is 19.1 Å². The van der Waals surface area contributed by atoms with Gasteiger partial charge in [-0.1, -0.05) is 19.4 Å². The van der Waals surface area contributed by atoms with Crippen molar-refractivity contribution in [2.45, 2.75) is 89.8 Å². The van der Waals surface area contributed by atoms with Crippen molar-refractivity contribution in [2.24, 2.45) is 28.6 Å². The maximum absolute atomic E-state index is 12.4. The van der Waals surface area contributed by atoms with Gasteiger partial charge in [-0.3, -0.25) is 9.59 Å². The summed E-state index contributed by atoms with van der Waals surface area (Å²) in [5, 5.41) is 11.8. The second-order valence-corrected chi connectivity index (χ2v) is 11.7. The van der Waals surface area contributed by atoms with Crippen LogP contribution in [0.15, 0.2) is 28.2 Å². The fourth-order valence-electron chi connectivity index (χ4n) is 8.90. The molecule has 32 heavy (non-hydrogen) atoms. The second kappa shape index (κ2) is 6.59. The molecule has 5 unspecified atom stereocenters. The van der Waals surface area contributed by atoms with Gasteiger partial charge in [0.2, 0.25) is 0 Å². The zero-order chi connectivity index (χ0) is 22.5. The van der Waals surface area contributed by atoms with Crippen LogP contribution in [0.3, 0.4) is 0 Å². The van der Waals surface area contributed by atoms with E-state index in [4.69, 9.17) is 9.15 Å². The van der Waals surface area contributed by atoms with E-state index in [0.29, 0.717) is 25.2 Å². The molecule has 6 rings (SSSR count). The summed E-state index contributed by atoms with van der Waals surface area (Å²) >= 11 is 0. The van der Waals surface area contributed by atoms with Gasteiger partial charge < -0.3 is 14.3 Å². The van der Waals surface area contributed by atoms with Crippen LogP contribution in [0.4, 0.5) is 0 Å². The van der Waals surface area contributed by atoms with E-state index < -0.39 is 11.7 Å². The van der Waals surface area contributed by atoms with E-state index in [9.17, 15) is 14.7 Å². The summed E-state index contributed by atoms with van der Waals surface area (Å²) in [7, 11) is 0. The molecule has 0 bridgehead atoms. The van der Waals surface area contributed by atoms with Crippen molar-refractivity contribution in [1.82, 2.24) is 0 Å². The Morgan fingerprint density at radius 1 is 1.09 bits per heavy atom. The highest BCUT2D eigenvalue weighted by molar-refractivity contribution is 5.91. The number of ether oxygens (including phenoxy) is 1. The quantitative estimate of drug-likeness (QED) is 0.634. The Hall–Kier alpha value is -1.88. The van der Waals surface area contributed by atoms with E-state index in [-0.39, 0.29) is 40.3 Å². The molecule has 4 aliphatic carbocycles. The number of aliphatic hydroxyl groups excluding tert-OH is 1. The Balaban J connectivity index is 1.50. The van der Waals surface area contributed by atoms with Crippen molar-refractivity contribution in [3.8, 4) is 0 Å². The van der Waals surface area contributed by atoms with Crippen LogP contribution in [-0.4, -0.2) is 28.6 Å². The molecule has 5 aliphatic rings. The Morgan fingerprint density at radius 2 is 1.91 bits per heavy atom. The molecule has 2 heterocycles. The summed E-state index contributed by atoms with van der Waals surface area (Å²) in [6.45, 7) is 6.52. The summed E-state index contributed by atoms with van der Waals surface area (Å²) in [6.07, 6.45) is 7.38. The third-order valence-electron chi connectivity index (χ3n) is 10.4. The van der Waals surface area contributed by atoms with Crippen molar-refractivity contribution in [2.75, 3.05) is 0 Å². The highest BCUT2D eigenvalue weighted by atomic mass is 16.6. The molecule has 4 fully saturated rings. The molecule has 1 N–H and O–H groups in total. The molecule has 172 valence electrons. The monoisotopic (exact) mass is 438 g/mol. The number of carbonyl (C=O) groups excluding carboxylic acids is 2. The largest absolute Gasteiger partial charge is 0.466 e. The molecule has 5 nitrogen and oxygen atoms in total. The highest BCUT2D eigenvalue weighted by Gasteiger charge is 2.70. The van der Waals surface area contributed by atoms with E-state index >= 15 is 0 Å². The number of hydrogen-bond acceptors (Lipinski definition) is 5. The maximum Gasteiger partial charge on any atom is 0.306 e. The maximum atomic E-state index is 12.4. The van der Waals surface area contributed by atoms with Gasteiger partial charge in [0.05, 0.1) is 6.10 Å². The standard InChI is InChI=1S/C27H34O5/c1-15-4-5-21(31-15)18-13-16-12-17(28)6-9-25(16,2)24-20(29)14-26(3)19(23(18)24)7-10-27(26)11-8-22(30)32-27/h4-5,12,18-20,23-24,29H,6-11,13-14H2,1-3H3/t18-,19?,20+,23-,24?,25?,26?,27?/m0/s1. The molecule has 1 aromatic heterocycles. The van der Waals surface area contributed by atoms with Crippen molar-refractivity contribution < 1.29 is 23.8 Å². The number of esters is 1. The first-order valence-electron chi connectivity index (χ1n) is 12.4. The third-order valence-corrected chi connectivity index (χ3v) is 10.4. The summed E-state index contributed by atoms with van der Waals surface area (Å²) in [6, 6.07) is 4.11. The lowest BCUT2D eigenvalue weighted by atomic mass is 9.43. The Labute approximate surface area is 189 Å². The van der Waals surface area contributed by atoms with Gasteiger partial charge in [0, 0.05) is 24.2 Å². The van der Waals surface area contributed by atoms with E-state index in [1.165, 1.54) is 5.57 Å². The van der Waals surface area contributed by atoms with Crippen molar-refractivity contribution in [3.05, 3.63) is 35.3 Å². The van der Waals surface area contributed by atoms with Gasteiger partial charge in [0.25, 0.3) is 0 Å². The van der Waals surface area contributed by atoms with Crippen LogP contribution < -0.4 is 0 Å². The Kier molecular flexibility index (Phi) is 4.26. The molecule has 1 aromatic rings. The third kappa shape index (κ3) is 2.55. The number of aryl methyl sites for hydroxylation is 1. The first-order chi connectivity index (χ1) is 15.2. The SMILES string of the molecule is Cc1ccc([C@@H]2CC3=CC(=O)CCC3(C)C3[C@@H]2C2CCC4(CCC(=O)O4)C2(C)C[C@H]3O)o1. The summed E-state index contributed by atoms with van der Waals surface area (Å²) in [4.78, 5) is 24.6. The number of ketones is 1. The lowest BCUT2D eigenvalue weighted by molar-refractivity contribution is -0.188. The zero-order valence-corrected chi connectivity index (χ0v) is 19.4. The molecule has 1 saturated heterocycles. The molecular weight excluding hydrogens is 404 g/mol. The van der Waals surface area contributed by atoms with Crippen LogP contribution in [0.2, 0.25) is 0 Å². The minimum Gasteiger partial charge on any atom is -0.466 e. The zero-order valence-electron chi connectivity index (χ0n) is 19.4. The lowest BCUT2D eigenvalue weighted by Crippen LogP contribution is -2.61. The predicted octanol–water partition coefficient (Wildman–Crippen LogP) is 4.86. The van der Waals surface area contributed by atoms with Crippen LogP contribution >= 0.6 is 0 Å². The van der Waals surface area contributed by atoms with Gasteiger partial charge in [-0.05, 0) is 86.8 Å². The fourth-order valence-corrected chi connectivity index (χ4v) is 8.90. The van der Waals surface area contributed by atoms with Gasteiger partial charge in [0.1, 0.15) is 17.1 Å². The normalized spacial score (nSPS) is 47.6. The number of furan rings is 1. The molecule has 1 spiro atoms. The van der Waals surface area contributed by atoms with Gasteiger partial charge in [0.15, 0.2) is 5.78 Å². The van der Waals surface area contributed by atoms with Crippen LogP contribution in [0, 0.1) is 35.5 Å². The minimum atomic E-state index is -0.490. The van der Waals surface area contributed by atoms with E-state index in [2.05, 4.69) is 19.9 Å². The van der Waals surface area contributed by atoms with Crippen molar-refractivity contribution >= 4 is 11.8 Å². The Morgan fingerprint density at radius 3 is 2.59 bits per heavy atom. The van der Waals surface area contributed by atoms with Gasteiger partial charge in [-0.15, -0.1) is 0 Å². The molecule has 8 atom stereocenters. The van der Waals surface area contributed by atoms with Gasteiger partial charge >= 0.3 is 5.97 Å². The molecule has 5 heteroatoms. The van der Waals surface area contributed by atoms with Crippen LogP contribution in [0.5, 0.6) is 0 Å². The van der Waals surface area contributed by atoms with Crippen LogP contribution in [0.25, 0.3) is 0 Å². The van der Waals surface area contributed by atoms with Gasteiger partial charge in [-0.25, -0.2) is 0 Å². The molecule has 0 aromatic carbocycles. The number of aliphatic hydroxyl groups is 1. The molecule has 1 aliphatic heterocycles. The molecular formula is C27H34O5. The minimum absolute atomic E-state index is 0.0799. The van der Waals surface area contributed by atoms with E-state index in [1.54, 1.807) is 0 Å². The first kappa shape index (κ1) is 20.7. The molecule has 0 amide bonds. The summed E-state index contributed by atoms with van der Waals surface area (Å²) in [5.74, 6) is 2.79. The number of hydrogen-bond donors (Lipinski definition) is 1. The van der Waals surface area contributed by atoms with E-state index in [0.717, 1.165) is 43.6 Å². The topological polar surface area (TPSA) is 76.7 Å². The smallest absolute Gasteiger partial charge is 0.306 e. The number of rotatable bonds is 1. The summed E-state index contributed by atoms with van der Waals surface area (Å²) in [5.41, 5.74) is 0.349. The second-order valence-electron chi connectivity index (χ2n) is 11.7. The average Bonchev–Trinajstić information content (AvgIpc) is 3.40. The predicted molar refractivity (Wildman–Crippen MR) is 118 cm³/mol. The number of fused-ring (bicyclic) bond motifs is 6. The van der Waals surface area contributed by atoms with Gasteiger partial charge in [-0.2, -0.15) is 0 Å². The van der Waals surface area contributed by atoms with Crippen LogP contribution in [-0.2, 0) is 14.3 Å². The number of carbonyl (C=O) groups is 2. The highest BCUT2D eigenvalue weighted by Crippen LogP contribution is 2.71. The molecule has 0 radical (unpaired) electrons. The van der Waals surface area contributed by atoms with Crippen molar-refractivity contribution in [1.29, 1.82) is 0 Å². The Bertz CT molecular complexity index is 1020. The van der Waals surface area contributed by atoms with Crippen molar-refractivity contribution in [3.63, 3.8) is 0 Å². The number of allylic oxidation sites excluding steroid dienone is 1. The average molecular weight is 439 g/mol. The summed E-state index contributed by atoms with van der Waals surface area (Å²) < 4.78 is 12.3. The lowest BCUT2D eigenvalue weighted by Gasteiger charge is -2.62.